The normalized spacial score (nSPS) is 18.0. The Morgan fingerprint density at radius 1 is 1.03 bits per heavy atom. The van der Waals surface area contributed by atoms with Gasteiger partial charge in [0, 0.05) is 31.5 Å². The van der Waals surface area contributed by atoms with Crippen molar-refractivity contribution in [2.24, 2.45) is 0 Å². The van der Waals surface area contributed by atoms with E-state index >= 15 is 0 Å². The fourth-order valence-corrected chi connectivity index (χ4v) is 4.68. The zero-order valence-corrected chi connectivity index (χ0v) is 22.1. The first kappa shape index (κ1) is 26.6. The topological polar surface area (TPSA) is 83.1 Å². The number of hydrogen-bond acceptors (Lipinski definition) is 5. The number of hydrogen-bond donors (Lipinski definition) is 2. The minimum atomic E-state index is -0.561. The lowest BCUT2D eigenvalue weighted by atomic mass is 10.2. The molecule has 0 spiro atoms. The number of urea groups is 1. The smallest absolute Gasteiger partial charge is 0.410 e. The average Bonchev–Trinajstić information content (AvgIpc) is 3.52. The van der Waals surface area contributed by atoms with Crippen LogP contribution in [0.4, 0.5) is 31.0 Å². The van der Waals surface area contributed by atoms with Crippen molar-refractivity contribution < 1.29 is 23.5 Å². The zero-order chi connectivity index (χ0) is 26.6. The van der Waals surface area contributed by atoms with Gasteiger partial charge in [0.05, 0.1) is 17.8 Å². The molecule has 2 aliphatic rings. The summed E-state index contributed by atoms with van der Waals surface area (Å²) < 4.78 is 26.2. The number of halogens is 1. The Kier molecular flexibility index (Phi) is 8.10. The number of anilines is 3. The molecule has 0 aromatic heterocycles. The van der Waals surface area contributed by atoms with Crippen molar-refractivity contribution >= 4 is 29.2 Å². The summed E-state index contributed by atoms with van der Waals surface area (Å²) in [6.45, 7) is 6.76. The second kappa shape index (κ2) is 11.3. The van der Waals surface area contributed by atoms with Crippen molar-refractivity contribution in [1.82, 2.24) is 4.90 Å². The summed E-state index contributed by atoms with van der Waals surface area (Å²) >= 11 is 0. The van der Waals surface area contributed by atoms with Crippen LogP contribution in [0.3, 0.4) is 0 Å². The molecule has 2 aromatic carbocycles. The fourth-order valence-electron chi connectivity index (χ4n) is 4.68. The van der Waals surface area contributed by atoms with Crippen molar-refractivity contribution in [2.45, 2.75) is 70.6 Å². The molecule has 1 saturated carbocycles. The third-order valence-electron chi connectivity index (χ3n) is 6.68. The van der Waals surface area contributed by atoms with Gasteiger partial charge in [-0.2, -0.15) is 0 Å². The molecule has 200 valence electrons. The molecule has 2 fully saturated rings. The molecule has 1 saturated heterocycles. The van der Waals surface area contributed by atoms with Gasteiger partial charge in [-0.15, -0.1) is 0 Å². The molecule has 8 nitrogen and oxygen atoms in total. The average molecular weight is 513 g/mol. The van der Waals surface area contributed by atoms with Crippen LogP contribution in [0.25, 0.3) is 0 Å². The number of carbonyl (C=O) groups excluding carboxylic acids is 2. The maximum atomic E-state index is 14.8. The van der Waals surface area contributed by atoms with Gasteiger partial charge in [0.25, 0.3) is 0 Å². The molecule has 1 aliphatic carbocycles. The molecule has 1 heterocycles. The molecule has 3 amide bonds. The molecule has 1 aliphatic heterocycles. The maximum absolute atomic E-state index is 14.8. The first-order valence-corrected chi connectivity index (χ1v) is 12.9. The Labute approximate surface area is 218 Å². The highest BCUT2D eigenvalue weighted by molar-refractivity contribution is 6.00. The third-order valence-corrected chi connectivity index (χ3v) is 6.68. The number of likely N-dealkylation sites (N-methyl/N-ethyl adjacent to an activating group) is 1. The molecular formula is C28H37FN4O4. The van der Waals surface area contributed by atoms with Crippen LogP contribution in [0.1, 0.15) is 52.9 Å². The SMILES string of the molecule is CN(C(=O)OC(C)(C)C)C1CCN(c2ccc(NC(=O)Nc3ccc(OC4CCCC4)cc3)c(F)c2)C1. The zero-order valence-electron chi connectivity index (χ0n) is 22.1. The highest BCUT2D eigenvalue weighted by Crippen LogP contribution is 2.28. The number of benzene rings is 2. The van der Waals surface area contributed by atoms with Crippen molar-refractivity contribution in [2.75, 3.05) is 35.7 Å². The van der Waals surface area contributed by atoms with Crippen molar-refractivity contribution in [3.05, 3.63) is 48.3 Å². The minimum Gasteiger partial charge on any atom is -0.490 e. The minimum absolute atomic E-state index is 0.0311. The lowest BCUT2D eigenvalue weighted by Gasteiger charge is -2.29. The summed E-state index contributed by atoms with van der Waals surface area (Å²) in [5.41, 5.74) is 0.811. The molecule has 2 aromatic rings. The van der Waals surface area contributed by atoms with E-state index in [1.165, 1.54) is 18.9 Å². The molecule has 0 bridgehead atoms. The van der Waals surface area contributed by atoms with Crippen LogP contribution < -0.4 is 20.3 Å². The Morgan fingerprint density at radius 3 is 2.38 bits per heavy atom. The molecule has 37 heavy (non-hydrogen) atoms. The summed E-state index contributed by atoms with van der Waals surface area (Å²) in [5.74, 6) is 0.248. The highest BCUT2D eigenvalue weighted by atomic mass is 19.1. The van der Waals surface area contributed by atoms with Crippen molar-refractivity contribution in [3.63, 3.8) is 0 Å². The monoisotopic (exact) mass is 512 g/mol. The van der Waals surface area contributed by atoms with E-state index in [4.69, 9.17) is 9.47 Å². The maximum Gasteiger partial charge on any atom is 0.410 e. The van der Waals surface area contributed by atoms with Gasteiger partial charge in [-0.25, -0.2) is 14.0 Å². The molecule has 1 atom stereocenters. The number of rotatable bonds is 6. The van der Waals surface area contributed by atoms with Crippen LogP contribution in [-0.4, -0.2) is 54.9 Å². The Bertz CT molecular complexity index is 1100. The van der Waals surface area contributed by atoms with Gasteiger partial charge in [-0.1, -0.05) is 0 Å². The first-order chi connectivity index (χ1) is 17.6. The van der Waals surface area contributed by atoms with E-state index < -0.39 is 17.4 Å². The summed E-state index contributed by atoms with van der Waals surface area (Å²) in [7, 11) is 1.73. The molecule has 4 rings (SSSR count). The van der Waals surface area contributed by atoms with Gasteiger partial charge in [0.2, 0.25) is 0 Å². The number of ether oxygens (including phenoxy) is 2. The van der Waals surface area contributed by atoms with Crippen molar-refractivity contribution in [1.29, 1.82) is 0 Å². The van der Waals surface area contributed by atoms with Crippen LogP contribution in [-0.2, 0) is 4.74 Å². The van der Waals surface area contributed by atoms with Crippen LogP contribution in [0.15, 0.2) is 42.5 Å². The number of carbonyl (C=O) groups is 2. The summed E-state index contributed by atoms with van der Waals surface area (Å²) in [5, 5.41) is 5.29. The second-order valence-electron chi connectivity index (χ2n) is 10.8. The van der Waals surface area contributed by atoms with Gasteiger partial charge >= 0.3 is 12.1 Å². The quantitative estimate of drug-likeness (QED) is 0.479. The Hall–Kier alpha value is -3.49. The number of nitrogens with zero attached hydrogens (tertiary/aromatic N) is 2. The Balaban J connectivity index is 1.29. The fraction of sp³-hybridized carbons (Fsp3) is 0.500. The summed E-state index contributed by atoms with van der Waals surface area (Å²) in [6.07, 6.45) is 5.21. The van der Waals surface area contributed by atoms with Crippen molar-refractivity contribution in [3.8, 4) is 5.75 Å². The number of nitrogens with one attached hydrogen (secondary N) is 2. The highest BCUT2D eigenvalue weighted by Gasteiger charge is 2.31. The van der Waals surface area contributed by atoms with E-state index in [2.05, 4.69) is 10.6 Å². The van der Waals surface area contributed by atoms with E-state index in [1.54, 1.807) is 36.2 Å². The molecule has 2 N–H and O–H groups in total. The predicted octanol–water partition coefficient (Wildman–Crippen LogP) is 6.24. The van der Waals surface area contributed by atoms with Crippen LogP contribution in [0.2, 0.25) is 0 Å². The van der Waals surface area contributed by atoms with Gasteiger partial charge in [-0.3, -0.25) is 0 Å². The van der Waals surface area contributed by atoms with Gasteiger partial charge in [-0.05, 0) is 95.3 Å². The summed E-state index contributed by atoms with van der Waals surface area (Å²) in [6, 6.07) is 11.3. The largest absolute Gasteiger partial charge is 0.490 e. The molecular weight excluding hydrogens is 475 g/mol. The second-order valence-corrected chi connectivity index (χ2v) is 10.8. The van der Waals surface area contributed by atoms with E-state index in [-0.39, 0.29) is 23.9 Å². The summed E-state index contributed by atoms with van der Waals surface area (Å²) in [4.78, 5) is 28.4. The lowest BCUT2D eigenvalue weighted by Crippen LogP contribution is -2.42. The van der Waals surface area contributed by atoms with Crippen LogP contribution in [0, 0.1) is 5.82 Å². The van der Waals surface area contributed by atoms with E-state index in [0.29, 0.717) is 24.5 Å². The predicted molar refractivity (Wildman–Crippen MR) is 143 cm³/mol. The van der Waals surface area contributed by atoms with Crippen LogP contribution in [0.5, 0.6) is 5.75 Å². The Morgan fingerprint density at radius 2 is 1.73 bits per heavy atom. The van der Waals surface area contributed by atoms with Gasteiger partial charge in [0.15, 0.2) is 0 Å². The van der Waals surface area contributed by atoms with Crippen LogP contribution >= 0.6 is 0 Å². The van der Waals surface area contributed by atoms with Gasteiger partial charge in [0.1, 0.15) is 17.2 Å². The standard InChI is InChI=1S/C28H37FN4O4/c1-28(2,3)37-27(35)32(4)21-15-16-33(18-21)20-11-14-25(24(29)17-20)31-26(34)30-19-9-12-23(13-10-19)36-22-7-5-6-8-22/h9-14,17,21-22H,5-8,15-16,18H2,1-4H3,(H2,30,31,34). The molecule has 9 heteroatoms. The molecule has 1 unspecified atom stereocenters. The third kappa shape index (κ3) is 7.27. The number of amides is 3. The molecule has 0 radical (unpaired) electrons. The lowest BCUT2D eigenvalue weighted by molar-refractivity contribution is 0.0238. The van der Waals surface area contributed by atoms with Gasteiger partial charge < -0.3 is 29.9 Å². The van der Waals surface area contributed by atoms with E-state index in [1.807, 2.05) is 37.8 Å². The first-order valence-electron chi connectivity index (χ1n) is 12.9. The van der Waals surface area contributed by atoms with E-state index in [9.17, 15) is 14.0 Å². The van der Waals surface area contributed by atoms with E-state index in [0.717, 1.165) is 25.0 Å².